The molecule has 0 aliphatic carbocycles. The number of hydrogen-bond donors (Lipinski definition) is 2. The van der Waals surface area contributed by atoms with E-state index in [1.807, 2.05) is 11.0 Å². The molecule has 1 atom stereocenters. The van der Waals surface area contributed by atoms with Crippen LogP contribution in [-0.4, -0.2) is 76.1 Å². The molecule has 162 valence electrons. The molecule has 2 fully saturated rings. The Labute approximate surface area is 167 Å². The highest BCUT2D eigenvalue weighted by molar-refractivity contribution is 5.80. The summed E-state index contributed by atoms with van der Waals surface area (Å²) in [7, 11) is 1.60. The lowest BCUT2D eigenvalue weighted by Gasteiger charge is -2.29. The van der Waals surface area contributed by atoms with Crippen molar-refractivity contribution in [3.05, 3.63) is 29.6 Å². The van der Waals surface area contributed by atoms with Gasteiger partial charge < -0.3 is 20.3 Å². The number of nitrogens with zero attached hydrogens (tertiary/aromatic N) is 3. The summed E-state index contributed by atoms with van der Waals surface area (Å²) in [5, 5.41) is 6.24. The van der Waals surface area contributed by atoms with Gasteiger partial charge in [-0.15, -0.1) is 0 Å². The summed E-state index contributed by atoms with van der Waals surface area (Å²) < 4.78 is 57.3. The van der Waals surface area contributed by atoms with Crippen molar-refractivity contribution in [2.24, 2.45) is 4.99 Å². The Morgan fingerprint density at radius 2 is 2.00 bits per heavy atom. The van der Waals surface area contributed by atoms with Crippen molar-refractivity contribution in [3.8, 4) is 0 Å². The van der Waals surface area contributed by atoms with Crippen molar-refractivity contribution >= 4 is 11.6 Å². The number of morpholine rings is 1. The molecular weight excluding hydrogens is 390 g/mol. The molecule has 6 nitrogen and oxygen atoms in total. The monoisotopic (exact) mass is 417 g/mol. The van der Waals surface area contributed by atoms with Crippen LogP contribution in [0.3, 0.4) is 0 Å². The van der Waals surface area contributed by atoms with Crippen LogP contribution < -0.4 is 15.5 Å². The summed E-state index contributed by atoms with van der Waals surface area (Å²) in [6.07, 6.45) is -3.58. The third-order valence-electron chi connectivity index (χ3n) is 5.06. The molecule has 0 saturated carbocycles. The van der Waals surface area contributed by atoms with Crippen molar-refractivity contribution in [1.82, 2.24) is 15.5 Å². The molecule has 1 aromatic rings. The number of hydrogen-bond acceptors (Lipinski definition) is 4. The number of likely N-dealkylation sites (tertiary alicyclic amines) is 1. The number of aliphatic imine (C=N–C) groups is 1. The van der Waals surface area contributed by atoms with Crippen LogP contribution in [0.1, 0.15) is 12.0 Å². The van der Waals surface area contributed by atoms with Crippen LogP contribution in [0.4, 0.5) is 23.2 Å². The van der Waals surface area contributed by atoms with E-state index in [1.54, 1.807) is 13.1 Å². The fraction of sp³-hybridized carbons (Fsp3) is 0.632. The van der Waals surface area contributed by atoms with Gasteiger partial charge in [-0.3, -0.25) is 9.89 Å². The van der Waals surface area contributed by atoms with Gasteiger partial charge in [-0.05, 0) is 24.1 Å². The quantitative estimate of drug-likeness (QED) is 0.436. The van der Waals surface area contributed by atoms with Crippen LogP contribution in [0, 0.1) is 5.82 Å². The van der Waals surface area contributed by atoms with Crippen LogP contribution in [-0.2, 0) is 11.3 Å². The molecule has 3 rings (SSSR count). The number of alkyl halides is 3. The van der Waals surface area contributed by atoms with Crippen LogP contribution in [0.25, 0.3) is 0 Å². The first kappa shape index (κ1) is 21.6. The number of benzene rings is 1. The Hall–Kier alpha value is -2.07. The zero-order chi connectivity index (χ0) is 20.9. The maximum Gasteiger partial charge on any atom is 0.401 e. The lowest BCUT2D eigenvalue weighted by Crippen LogP contribution is -2.44. The van der Waals surface area contributed by atoms with Gasteiger partial charge in [0.1, 0.15) is 5.82 Å². The molecule has 0 aromatic heterocycles. The maximum absolute atomic E-state index is 14.5. The smallest absolute Gasteiger partial charge is 0.378 e. The Balaban J connectivity index is 1.49. The van der Waals surface area contributed by atoms with E-state index in [0.29, 0.717) is 64.0 Å². The minimum absolute atomic E-state index is 0.107. The van der Waals surface area contributed by atoms with Gasteiger partial charge in [0.05, 0.1) is 25.4 Å². The Morgan fingerprint density at radius 3 is 2.66 bits per heavy atom. The van der Waals surface area contributed by atoms with Crippen molar-refractivity contribution in [2.75, 3.05) is 57.9 Å². The molecule has 0 radical (unpaired) electrons. The molecule has 29 heavy (non-hydrogen) atoms. The van der Waals surface area contributed by atoms with Gasteiger partial charge in [0.15, 0.2) is 5.96 Å². The van der Waals surface area contributed by atoms with Crippen molar-refractivity contribution in [1.29, 1.82) is 0 Å². The fourth-order valence-corrected chi connectivity index (χ4v) is 3.64. The van der Waals surface area contributed by atoms with E-state index in [1.165, 1.54) is 11.0 Å². The third-order valence-corrected chi connectivity index (χ3v) is 5.06. The molecule has 10 heteroatoms. The van der Waals surface area contributed by atoms with Crippen molar-refractivity contribution in [3.63, 3.8) is 0 Å². The predicted molar refractivity (Wildman–Crippen MR) is 104 cm³/mol. The van der Waals surface area contributed by atoms with Crippen LogP contribution in [0.15, 0.2) is 23.2 Å². The van der Waals surface area contributed by atoms with Crippen molar-refractivity contribution < 1.29 is 22.3 Å². The van der Waals surface area contributed by atoms with Gasteiger partial charge in [0.2, 0.25) is 0 Å². The standard InChI is InChI=1S/C19H27F4N5O/c1-24-18(26-15-4-5-27(12-15)13-19(21,22)23)25-11-14-2-3-17(16(20)10-14)28-6-8-29-9-7-28/h2-3,10,15H,4-9,11-13H2,1H3,(H2,24,25,26). The first-order chi connectivity index (χ1) is 13.8. The number of guanidine groups is 1. The second-order valence-electron chi connectivity index (χ2n) is 7.29. The molecule has 2 heterocycles. The Kier molecular flexibility index (Phi) is 7.18. The minimum atomic E-state index is -4.19. The highest BCUT2D eigenvalue weighted by Gasteiger charge is 2.34. The fourth-order valence-electron chi connectivity index (χ4n) is 3.64. The lowest BCUT2D eigenvalue weighted by atomic mass is 10.1. The second-order valence-corrected chi connectivity index (χ2v) is 7.29. The number of ether oxygens (including phenoxy) is 1. The molecular formula is C19H27F4N5O. The van der Waals surface area contributed by atoms with Crippen LogP contribution in [0.5, 0.6) is 0 Å². The number of nitrogens with one attached hydrogen (secondary N) is 2. The van der Waals surface area contributed by atoms with Gasteiger partial charge in [-0.1, -0.05) is 6.07 Å². The molecule has 0 spiro atoms. The van der Waals surface area contributed by atoms with E-state index in [-0.39, 0.29) is 11.9 Å². The zero-order valence-electron chi connectivity index (χ0n) is 16.4. The van der Waals surface area contributed by atoms with E-state index in [9.17, 15) is 17.6 Å². The number of rotatable bonds is 5. The largest absolute Gasteiger partial charge is 0.401 e. The van der Waals surface area contributed by atoms with Gasteiger partial charge in [0.25, 0.3) is 0 Å². The van der Waals surface area contributed by atoms with E-state index >= 15 is 0 Å². The first-order valence-corrected chi connectivity index (χ1v) is 9.71. The van der Waals surface area contributed by atoms with Gasteiger partial charge in [-0.2, -0.15) is 13.2 Å². The molecule has 2 aliphatic heterocycles. The van der Waals surface area contributed by atoms with Gasteiger partial charge in [-0.25, -0.2) is 4.39 Å². The van der Waals surface area contributed by atoms with Crippen LogP contribution >= 0.6 is 0 Å². The first-order valence-electron chi connectivity index (χ1n) is 9.71. The molecule has 2 aliphatic rings. The third kappa shape index (κ3) is 6.46. The minimum Gasteiger partial charge on any atom is -0.378 e. The average Bonchev–Trinajstić information content (AvgIpc) is 3.10. The van der Waals surface area contributed by atoms with Crippen molar-refractivity contribution in [2.45, 2.75) is 25.2 Å². The predicted octanol–water partition coefficient (Wildman–Crippen LogP) is 1.96. The molecule has 0 bridgehead atoms. The molecule has 0 amide bonds. The molecule has 1 aromatic carbocycles. The van der Waals surface area contributed by atoms with E-state index in [4.69, 9.17) is 4.74 Å². The number of anilines is 1. The second kappa shape index (κ2) is 9.62. The maximum atomic E-state index is 14.5. The topological polar surface area (TPSA) is 52.1 Å². The van der Waals surface area contributed by atoms with Gasteiger partial charge >= 0.3 is 6.18 Å². The molecule has 1 unspecified atom stereocenters. The summed E-state index contributed by atoms with van der Waals surface area (Å²) in [6.45, 7) is 2.67. The van der Waals surface area contributed by atoms with E-state index in [2.05, 4.69) is 15.6 Å². The van der Waals surface area contributed by atoms with Gasteiger partial charge in [0, 0.05) is 45.8 Å². The summed E-state index contributed by atoms with van der Waals surface area (Å²) in [5.74, 6) is 0.203. The summed E-state index contributed by atoms with van der Waals surface area (Å²) in [6, 6.07) is 5.00. The summed E-state index contributed by atoms with van der Waals surface area (Å²) in [4.78, 5) is 7.46. The highest BCUT2D eigenvalue weighted by Crippen LogP contribution is 2.22. The Bertz CT molecular complexity index is 706. The molecule has 2 saturated heterocycles. The zero-order valence-corrected chi connectivity index (χ0v) is 16.4. The Morgan fingerprint density at radius 1 is 1.24 bits per heavy atom. The number of halogens is 4. The van der Waals surface area contributed by atoms with Crippen LogP contribution in [0.2, 0.25) is 0 Å². The lowest BCUT2D eigenvalue weighted by molar-refractivity contribution is -0.143. The normalized spacial score (nSPS) is 21.5. The summed E-state index contributed by atoms with van der Waals surface area (Å²) in [5.41, 5.74) is 1.32. The van der Waals surface area contributed by atoms with E-state index < -0.39 is 12.7 Å². The van der Waals surface area contributed by atoms with E-state index in [0.717, 1.165) is 5.56 Å². The molecule has 2 N–H and O–H groups in total. The summed E-state index contributed by atoms with van der Waals surface area (Å²) >= 11 is 0. The highest BCUT2D eigenvalue weighted by atomic mass is 19.4. The average molecular weight is 417 g/mol. The SMILES string of the molecule is CN=C(NCc1ccc(N2CCOCC2)c(F)c1)NC1CCN(CC(F)(F)F)C1.